The molecular formula is C17H24O6. The van der Waals surface area contributed by atoms with Gasteiger partial charge in [-0.1, -0.05) is 19.7 Å². The molecule has 0 fully saturated rings. The van der Waals surface area contributed by atoms with Crippen LogP contribution in [0.25, 0.3) is 0 Å². The minimum absolute atomic E-state index is 0.0522. The van der Waals surface area contributed by atoms with E-state index >= 15 is 0 Å². The van der Waals surface area contributed by atoms with Gasteiger partial charge in [-0.05, 0) is 41.5 Å². The van der Waals surface area contributed by atoms with E-state index in [0.717, 1.165) is 0 Å². The molecule has 6 nitrogen and oxygen atoms in total. The van der Waals surface area contributed by atoms with Crippen molar-refractivity contribution in [3.63, 3.8) is 0 Å². The van der Waals surface area contributed by atoms with Gasteiger partial charge in [-0.15, -0.1) is 0 Å². The van der Waals surface area contributed by atoms with Crippen LogP contribution in [-0.4, -0.2) is 23.9 Å². The molecule has 0 saturated heterocycles. The summed E-state index contributed by atoms with van der Waals surface area (Å²) >= 11 is 0. The normalized spacial score (nSPS) is 11.2. The molecule has 0 spiro atoms. The monoisotopic (exact) mass is 324 g/mol. The van der Waals surface area contributed by atoms with Crippen LogP contribution in [0.4, 0.5) is 0 Å². The Morgan fingerprint density at radius 3 is 1.00 bits per heavy atom. The molecule has 0 aliphatic carbocycles. The molecule has 0 N–H and O–H groups in total. The lowest BCUT2D eigenvalue weighted by Gasteiger charge is -2.40. The first kappa shape index (κ1) is 20.6. The Labute approximate surface area is 136 Å². The highest BCUT2D eigenvalue weighted by Gasteiger charge is 2.54. The molecular weight excluding hydrogens is 300 g/mol. The van der Waals surface area contributed by atoms with Gasteiger partial charge in [0.05, 0.1) is 5.41 Å². The molecule has 6 heteroatoms. The molecule has 128 valence electrons. The molecule has 23 heavy (non-hydrogen) atoms. The van der Waals surface area contributed by atoms with Gasteiger partial charge >= 0.3 is 23.9 Å². The van der Waals surface area contributed by atoms with Gasteiger partial charge in [0.25, 0.3) is 0 Å². The molecule has 0 aromatic carbocycles. The minimum atomic E-state index is -2.28. The maximum absolute atomic E-state index is 12.0. The maximum atomic E-state index is 12.0. The summed E-state index contributed by atoms with van der Waals surface area (Å²) in [4.78, 5) is 35.9. The largest absolute Gasteiger partial charge is 0.429 e. The van der Waals surface area contributed by atoms with Crippen molar-refractivity contribution in [3.05, 3.63) is 36.5 Å². The maximum Gasteiger partial charge on any atom is 0.429 e. The van der Waals surface area contributed by atoms with Crippen molar-refractivity contribution in [2.24, 2.45) is 5.41 Å². The lowest BCUT2D eigenvalue weighted by molar-refractivity contribution is -0.367. The molecule has 0 radical (unpaired) electrons. The van der Waals surface area contributed by atoms with Crippen molar-refractivity contribution in [3.8, 4) is 0 Å². The van der Waals surface area contributed by atoms with Gasteiger partial charge in [-0.2, -0.15) is 0 Å². The van der Waals surface area contributed by atoms with E-state index in [1.54, 1.807) is 20.8 Å². The molecule has 0 amide bonds. The van der Waals surface area contributed by atoms with Crippen LogP contribution in [0.15, 0.2) is 36.5 Å². The van der Waals surface area contributed by atoms with Gasteiger partial charge in [0, 0.05) is 16.7 Å². The van der Waals surface area contributed by atoms with Crippen molar-refractivity contribution in [1.82, 2.24) is 0 Å². The van der Waals surface area contributed by atoms with E-state index < -0.39 is 29.3 Å². The SMILES string of the molecule is C=C(C)C(=O)OC(OC(=O)C(=C)C)(OC(=O)C(=C)C)C(C)(C)C. The lowest BCUT2D eigenvalue weighted by Crippen LogP contribution is -2.54. The average Bonchev–Trinajstić information content (AvgIpc) is 2.36. The highest BCUT2D eigenvalue weighted by molar-refractivity contribution is 5.90. The first-order valence-electron chi connectivity index (χ1n) is 6.90. The average molecular weight is 324 g/mol. The highest BCUT2D eigenvalue weighted by atomic mass is 16.9. The smallest absolute Gasteiger partial charge is 0.384 e. The summed E-state index contributed by atoms with van der Waals surface area (Å²) in [5, 5.41) is 0. The number of hydrogen-bond acceptors (Lipinski definition) is 6. The van der Waals surface area contributed by atoms with Gasteiger partial charge in [0.1, 0.15) is 0 Å². The van der Waals surface area contributed by atoms with Crippen LogP contribution in [0.3, 0.4) is 0 Å². The van der Waals surface area contributed by atoms with Crippen LogP contribution in [0.5, 0.6) is 0 Å². The van der Waals surface area contributed by atoms with Crippen LogP contribution >= 0.6 is 0 Å². The second-order valence-electron chi connectivity index (χ2n) is 6.32. The van der Waals surface area contributed by atoms with Gasteiger partial charge in [-0.25, -0.2) is 14.4 Å². The topological polar surface area (TPSA) is 78.9 Å². The van der Waals surface area contributed by atoms with Crippen LogP contribution in [0.2, 0.25) is 0 Å². The van der Waals surface area contributed by atoms with Crippen LogP contribution < -0.4 is 0 Å². The third kappa shape index (κ3) is 5.39. The fourth-order valence-electron chi connectivity index (χ4n) is 1.15. The quantitative estimate of drug-likeness (QED) is 0.424. The van der Waals surface area contributed by atoms with Crippen molar-refractivity contribution in [1.29, 1.82) is 0 Å². The molecule has 0 rings (SSSR count). The Hall–Kier alpha value is -2.37. The summed E-state index contributed by atoms with van der Waals surface area (Å²) in [6.45, 7) is 19.4. The Kier molecular flexibility index (Phi) is 6.51. The van der Waals surface area contributed by atoms with E-state index in [1.165, 1.54) is 20.8 Å². The first-order chi connectivity index (χ1) is 10.2. The number of carbonyl (C=O) groups is 3. The van der Waals surface area contributed by atoms with Gasteiger partial charge in [-0.3, -0.25) is 0 Å². The Bertz CT molecular complexity index is 493. The molecule has 0 bridgehead atoms. The van der Waals surface area contributed by atoms with Crippen molar-refractivity contribution >= 4 is 17.9 Å². The number of ether oxygens (including phenoxy) is 3. The Balaban J connectivity index is 6.01. The number of esters is 3. The van der Waals surface area contributed by atoms with E-state index in [2.05, 4.69) is 19.7 Å². The first-order valence-corrected chi connectivity index (χ1v) is 6.90. The van der Waals surface area contributed by atoms with Gasteiger partial charge in [0.15, 0.2) is 0 Å². The molecule has 0 aliphatic heterocycles. The van der Waals surface area contributed by atoms with E-state index in [0.29, 0.717) is 0 Å². The van der Waals surface area contributed by atoms with Crippen molar-refractivity contribution in [2.45, 2.75) is 47.5 Å². The molecule has 0 aromatic heterocycles. The standard InChI is InChI=1S/C17H24O6/c1-10(2)13(18)21-17(16(7,8)9,22-14(19)11(3)4)23-15(20)12(5)6/h1,3,5H2,2,4,6-9H3. The molecule has 0 aliphatic rings. The minimum Gasteiger partial charge on any atom is -0.384 e. The van der Waals surface area contributed by atoms with E-state index in [4.69, 9.17) is 14.2 Å². The summed E-state index contributed by atoms with van der Waals surface area (Å²) in [5.41, 5.74) is -0.932. The molecule has 0 unspecified atom stereocenters. The zero-order valence-corrected chi connectivity index (χ0v) is 14.6. The predicted molar refractivity (Wildman–Crippen MR) is 84.9 cm³/mol. The zero-order chi connectivity index (χ0) is 18.6. The second kappa shape index (κ2) is 7.26. The molecule has 0 aromatic rings. The fourth-order valence-corrected chi connectivity index (χ4v) is 1.15. The summed E-state index contributed by atoms with van der Waals surface area (Å²) < 4.78 is 15.6. The van der Waals surface area contributed by atoms with E-state index in [9.17, 15) is 14.4 Å². The fraction of sp³-hybridized carbons (Fsp3) is 0.471. The number of rotatable bonds is 6. The van der Waals surface area contributed by atoms with Crippen LogP contribution in [-0.2, 0) is 28.6 Å². The highest BCUT2D eigenvalue weighted by Crippen LogP contribution is 2.38. The zero-order valence-electron chi connectivity index (χ0n) is 14.6. The van der Waals surface area contributed by atoms with Crippen LogP contribution in [0.1, 0.15) is 41.5 Å². The second-order valence-corrected chi connectivity index (χ2v) is 6.32. The predicted octanol–water partition coefficient (Wildman–Crippen LogP) is 3.04. The summed E-state index contributed by atoms with van der Waals surface area (Å²) in [6, 6.07) is 0. The Morgan fingerprint density at radius 1 is 0.652 bits per heavy atom. The van der Waals surface area contributed by atoms with Crippen molar-refractivity contribution < 1.29 is 28.6 Å². The lowest BCUT2D eigenvalue weighted by atomic mass is 9.92. The van der Waals surface area contributed by atoms with Crippen LogP contribution in [0, 0.1) is 5.41 Å². The summed E-state index contributed by atoms with van der Waals surface area (Å²) in [7, 11) is 0. The van der Waals surface area contributed by atoms with Gasteiger partial charge in [0.2, 0.25) is 0 Å². The Morgan fingerprint density at radius 2 is 0.870 bits per heavy atom. The van der Waals surface area contributed by atoms with E-state index in [1.807, 2.05) is 0 Å². The molecule has 0 heterocycles. The summed E-state index contributed by atoms with van der Waals surface area (Å²) in [5.74, 6) is -4.90. The third-order valence-corrected chi connectivity index (χ3v) is 2.65. The third-order valence-electron chi connectivity index (χ3n) is 2.65. The number of hydrogen-bond donors (Lipinski definition) is 0. The molecule has 0 saturated carbocycles. The molecule has 0 atom stereocenters. The van der Waals surface area contributed by atoms with Crippen molar-refractivity contribution in [2.75, 3.05) is 0 Å². The summed E-state index contributed by atoms with van der Waals surface area (Å²) in [6.07, 6.45) is 0. The number of carbonyl (C=O) groups excluding carboxylic acids is 3. The van der Waals surface area contributed by atoms with E-state index in [-0.39, 0.29) is 16.7 Å². The van der Waals surface area contributed by atoms with Gasteiger partial charge < -0.3 is 14.2 Å².